The van der Waals surface area contributed by atoms with E-state index in [-0.39, 0.29) is 12.0 Å². The first-order valence-corrected chi connectivity index (χ1v) is 8.34. The van der Waals surface area contributed by atoms with Crippen molar-refractivity contribution in [3.8, 4) is 5.75 Å². The number of hydrogen-bond acceptors (Lipinski definition) is 4. The first kappa shape index (κ1) is 17.0. The van der Waals surface area contributed by atoms with Gasteiger partial charge in [-0.3, -0.25) is 4.79 Å². The summed E-state index contributed by atoms with van der Waals surface area (Å²) in [5.74, 6) is 0.378. The van der Waals surface area contributed by atoms with Crippen molar-refractivity contribution in [1.82, 2.24) is 4.90 Å². The van der Waals surface area contributed by atoms with E-state index in [0.717, 1.165) is 12.2 Å². The summed E-state index contributed by atoms with van der Waals surface area (Å²) >= 11 is 0. The van der Waals surface area contributed by atoms with Crippen molar-refractivity contribution in [1.29, 1.82) is 0 Å². The molecule has 1 heterocycles. The second-order valence-corrected chi connectivity index (χ2v) is 6.02. The van der Waals surface area contributed by atoms with Gasteiger partial charge in [-0.15, -0.1) is 0 Å². The van der Waals surface area contributed by atoms with E-state index >= 15 is 0 Å². The van der Waals surface area contributed by atoms with Gasteiger partial charge in [-0.25, -0.2) is 4.79 Å². The molecule has 3 rings (SSSR count). The first-order valence-electron chi connectivity index (χ1n) is 8.34. The van der Waals surface area contributed by atoms with E-state index < -0.39 is 5.97 Å². The SMILES string of the molecule is CCc1cccc(OC2CN(C(=O)c3ccc(C(=O)OC)cc3)C2)c1. The summed E-state index contributed by atoms with van der Waals surface area (Å²) in [5.41, 5.74) is 2.22. The first-order chi connectivity index (χ1) is 12.1. The number of carbonyl (C=O) groups is 2. The van der Waals surface area contributed by atoms with Gasteiger partial charge in [0.2, 0.25) is 0 Å². The predicted octanol–water partition coefficient (Wildman–Crippen LogP) is 2.94. The zero-order valence-corrected chi connectivity index (χ0v) is 14.4. The average molecular weight is 339 g/mol. The number of benzene rings is 2. The fourth-order valence-corrected chi connectivity index (χ4v) is 2.76. The average Bonchev–Trinajstić information content (AvgIpc) is 2.63. The number of likely N-dealkylation sites (tertiary alicyclic amines) is 1. The van der Waals surface area contributed by atoms with Crippen LogP contribution in [0.3, 0.4) is 0 Å². The molecule has 0 aromatic heterocycles. The van der Waals surface area contributed by atoms with Crippen molar-refractivity contribution in [2.45, 2.75) is 19.4 Å². The van der Waals surface area contributed by atoms with Crippen LogP contribution in [0.5, 0.6) is 5.75 Å². The zero-order chi connectivity index (χ0) is 17.8. The van der Waals surface area contributed by atoms with Crippen LogP contribution in [0.2, 0.25) is 0 Å². The van der Waals surface area contributed by atoms with Crippen LogP contribution in [0.1, 0.15) is 33.2 Å². The van der Waals surface area contributed by atoms with Crippen LogP contribution in [0.4, 0.5) is 0 Å². The molecule has 1 aliphatic heterocycles. The molecule has 1 amide bonds. The Morgan fingerprint density at radius 2 is 1.76 bits per heavy atom. The maximum absolute atomic E-state index is 12.4. The number of rotatable bonds is 5. The van der Waals surface area contributed by atoms with Crippen LogP contribution in [0, 0.1) is 0 Å². The van der Waals surface area contributed by atoms with Gasteiger partial charge < -0.3 is 14.4 Å². The number of ether oxygens (including phenoxy) is 2. The Bertz CT molecular complexity index is 764. The van der Waals surface area contributed by atoms with Crippen LogP contribution >= 0.6 is 0 Å². The minimum Gasteiger partial charge on any atom is -0.487 e. The normalized spacial score (nSPS) is 13.9. The summed E-state index contributed by atoms with van der Waals surface area (Å²) in [6.45, 7) is 3.23. The highest BCUT2D eigenvalue weighted by atomic mass is 16.5. The summed E-state index contributed by atoms with van der Waals surface area (Å²) in [6, 6.07) is 14.5. The standard InChI is InChI=1S/C20H21NO4/c1-3-14-5-4-6-17(11-14)25-18-12-21(13-18)19(22)15-7-9-16(10-8-15)20(23)24-2/h4-11,18H,3,12-13H2,1-2H3. The molecule has 5 nitrogen and oxygen atoms in total. The second kappa shape index (κ2) is 7.38. The quantitative estimate of drug-likeness (QED) is 0.786. The molecule has 0 unspecified atom stereocenters. The molecular formula is C20H21NO4. The molecule has 25 heavy (non-hydrogen) atoms. The van der Waals surface area contributed by atoms with Crippen molar-refractivity contribution < 1.29 is 19.1 Å². The van der Waals surface area contributed by atoms with E-state index in [1.54, 1.807) is 29.2 Å². The lowest BCUT2D eigenvalue weighted by Gasteiger charge is -2.39. The Balaban J connectivity index is 1.55. The molecule has 0 saturated carbocycles. The molecule has 0 N–H and O–H groups in total. The highest BCUT2D eigenvalue weighted by Crippen LogP contribution is 2.21. The second-order valence-electron chi connectivity index (χ2n) is 6.02. The summed E-state index contributed by atoms with van der Waals surface area (Å²) in [6.07, 6.45) is 0.985. The van der Waals surface area contributed by atoms with Crippen LogP contribution in [-0.4, -0.2) is 43.1 Å². The molecule has 1 saturated heterocycles. The van der Waals surface area contributed by atoms with Gasteiger partial charge in [-0.1, -0.05) is 19.1 Å². The van der Waals surface area contributed by atoms with E-state index in [1.807, 2.05) is 18.2 Å². The lowest BCUT2D eigenvalue weighted by molar-refractivity contribution is 0.0177. The molecular weight excluding hydrogens is 318 g/mol. The Morgan fingerprint density at radius 3 is 2.40 bits per heavy atom. The van der Waals surface area contributed by atoms with Gasteiger partial charge in [0, 0.05) is 5.56 Å². The van der Waals surface area contributed by atoms with Gasteiger partial charge in [0.05, 0.1) is 25.8 Å². The smallest absolute Gasteiger partial charge is 0.337 e. The Morgan fingerprint density at radius 1 is 1.08 bits per heavy atom. The third kappa shape index (κ3) is 3.82. The van der Waals surface area contributed by atoms with Gasteiger partial charge in [0.25, 0.3) is 5.91 Å². The fraction of sp³-hybridized carbons (Fsp3) is 0.300. The topological polar surface area (TPSA) is 55.8 Å². The van der Waals surface area contributed by atoms with Crippen molar-refractivity contribution in [3.05, 3.63) is 65.2 Å². The third-order valence-corrected chi connectivity index (χ3v) is 4.30. The monoisotopic (exact) mass is 339 g/mol. The van der Waals surface area contributed by atoms with Crippen molar-refractivity contribution in [2.75, 3.05) is 20.2 Å². The van der Waals surface area contributed by atoms with E-state index in [9.17, 15) is 9.59 Å². The largest absolute Gasteiger partial charge is 0.487 e. The van der Waals surface area contributed by atoms with E-state index in [4.69, 9.17) is 4.74 Å². The summed E-state index contributed by atoms with van der Waals surface area (Å²) in [7, 11) is 1.33. The summed E-state index contributed by atoms with van der Waals surface area (Å²) in [5, 5.41) is 0. The third-order valence-electron chi connectivity index (χ3n) is 4.30. The molecule has 130 valence electrons. The zero-order valence-electron chi connectivity index (χ0n) is 14.4. The summed E-state index contributed by atoms with van der Waals surface area (Å²) in [4.78, 5) is 25.6. The lowest BCUT2D eigenvalue weighted by atomic mass is 10.1. The van der Waals surface area contributed by atoms with Gasteiger partial charge in [-0.2, -0.15) is 0 Å². The number of hydrogen-bond donors (Lipinski definition) is 0. The number of aryl methyl sites for hydroxylation is 1. The number of amides is 1. The summed E-state index contributed by atoms with van der Waals surface area (Å²) < 4.78 is 10.6. The molecule has 0 radical (unpaired) electrons. The molecule has 0 aliphatic carbocycles. The Kier molecular flexibility index (Phi) is 5.03. The van der Waals surface area contributed by atoms with Crippen molar-refractivity contribution >= 4 is 11.9 Å². The van der Waals surface area contributed by atoms with Crippen LogP contribution in [0.15, 0.2) is 48.5 Å². The highest BCUT2D eigenvalue weighted by molar-refractivity contribution is 5.96. The number of esters is 1. The minimum absolute atomic E-state index is 0.0189. The molecule has 2 aromatic rings. The maximum atomic E-state index is 12.4. The van der Waals surface area contributed by atoms with Gasteiger partial charge >= 0.3 is 5.97 Å². The van der Waals surface area contributed by atoms with Crippen LogP contribution < -0.4 is 4.74 Å². The fourth-order valence-electron chi connectivity index (χ4n) is 2.76. The van der Waals surface area contributed by atoms with Crippen LogP contribution in [0.25, 0.3) is 0 Å². The van der Waals surface area contributed by atoms with Gasteiger partial charge in [0.1, 0.15) is 11.9 Å². The minimum atomic E-state index is -0.411. The number of nitrogens with zero attached hydrogens (tertiary/aromatic N) is 1. The highest BCUT2D eigenvalue weighted by Gasteiger charge is 2.32. The van der Waals surface area contributed by atoms with E-state index in [1.165, 1.54) is 12.7 Å². The van der Waals surface area contributed by atoms with Crippen LogP contribution in [-0.2, 0) is 11.2 Å². The Hall–Kier alpha value is -2.82. The van der Waals surface area contributed by atoms with E-state index in [0.29, 0.717) is 24.2 Å². The van der Waals surface area contributed by atoms with Crippen molar-refractivity contribution in [3.63, 3.8) is 0 Å². The van der Waals surface area contributed by atoms with Gasteiger partial charge in [-0.05, 0) is 48.4 Å². The molecule has 1 fully saturated rings. The molecule has 5 heteroatoms. The molecule has 1 aliphatic rings. The number of methoxy groups -OCH3 is 1. The predicted molar refractivity (Wildman–Crippen MR) is 93.9 cm³/mol. The molecule has 0 atom stereocenters. The molecule has 2 aromatic carbocycles. The lowest BCUT2D eigenvalue weighted by Crippen LogP contribution is -2.56. The van der Waals surface area contributed by atoms with Gasteiger partial charge in [0.15, 0.2) is 0 Å². The van der Waals surface area contributed by atoms with Crippen molar-refractivity contribution in [2.24, 2.45) is 0 Å². The Labute approximate surface area is 147 Å². The maximum Gasteiger partial charge on any atom is 0.337 e. The number of carbonyl (C=O) groups excluding carboxylic acids is 2. The molecule has 0 spiro atoms. The van der Waals surface area contributed by atoms with E-state index in [2.05, 4.69) is 17.7 Å². The molecule has 0 bridgehead atoms.